The van der Waals surface area contributed by atoms with Crippen LogP contribution in [0.3, 0.4) is 0 Å². The minimum absolute atomic E-state index is 0.0270. The summed E-state index contributed by atoms with van der Waals surface area (Å²) in [5.74, 6) is 1.43. The van der Waals surface area contributed by atoms with Gasteiger partial charge < -0.3 is 9.47 Å². The Labute approximate surface area is 223 Å². The first-order valence-electron chi connectivity index (χ1n) is 10.6. The summed E-state index contributed by atoms with van der Waals surface area (Å²) in [6.45, 7) is 0.370. The van der Waals surface area contributed by atoms with Crippen molar-refractivity contribution >= 4 is 35.0 Å². The van der Waals surface area contributed by atoms with Gasteiger partial charge in [-0.3, -0.25) is 9.78 Å². The third-order valence-corrected chi connectivity index (χ3v) is 6.12. The van der Waals surface area contributed by atoms with Gasteiger partial charge in [-0.15, -0.1) is 0 Å². The average molecular weight is 567 g/mol. The second kappa shape index (κ2) is 11.8. The molecule has 0 aliphatic heterocycles. The zero-order valence-corrected chi connectivity index (χ0v) is 21.4. The van der Waals surface area contributed by atoms with E-state index in [0.717, 1.165) is 11.1 Å². The van der Waals surface area contributed by atoms with Crippen LogP contribution in [0.1, 0.15) is 23.2 Å². The zero-order chi connectivity index (χ0) is 26.5. The number of nitrogens with one attached hydrogen (secondary N) is 1. The van der Waals surface area contributed by atoms with Gasteiger partial charge in [0.15, 0.2) is 11.4 Å². The van der Waals surface area contributed by atoms with Gasteiger partial charge in [-0.2, -0.15) is 21.5 Å². The molecule has 13 heteroatoms. The predicted molar refractivity (Wildman–Crippen MR) is 138 cm³/mol. The van der Waals surface area contributed by atoms with Gasteiger partial charge in [-0.1, -0.05) is 53.5 Å². The Balaban J connectivity index is 1.61. The lowest BCUT2D eigenvalue weighted by Crippen LogP contribution is -2.34. The van der Waals surface area contributed by atoms with E-state index in [1.807, 2.05) is 36.6 Å². The second-order valence-electron chi connectivity index (χ2n) is 7.54. The Hall–Kier alpha value is -3.41. The third-order valence-electron chi connectivity index (χ3n) is 4.95. The molecule has 0 atom stereocenters. The van der Waals surface area contributed by atoms with Crippen molar-refractivity contribution in [2.45, 2.75) is 18.8 Å². The van der Waals surface area contributed by atoms with Crippen LogP contribution >= 0.6 is 35.0 Å². The molecule has 0 fully saturated rings. The highest BCUT2D eigenvalue weighted by atomic mass is 35.5. The van der Waals surface area contributed by atoms with Crippen LogP contribution in [0.2, 0.25) is 10.0 Å². The summed E-state index contributed by atoms with van der Waals surface area (Å²) in [6, 6.07) is 13.9. The van der Waals surface area contributed by atoms with Gasteiger partial charge in [0.25, 0.3) is 12.0 Å². The summed E-state index contributed by atoms with van der Waals surface area (Å²) in [4.78, 5) is 29.8. The molecule has 0 amide bonds. The monoisotopic (exact) mass is 566 g/mol. The normalized spacial score (nSPS) is 11.1. The number of aromatic nitrogens is 4. The topological polar surface area (TPSA) is 99.1 Å². The molecule has 0 bridgehead atoms. The maximum Gasteiger partial charge on any atom is 0.349 e. The van der Waals surface area contributed by atoms with Crippen LogP contribution in [-0.2, 0) is 12.4 Å². The molecule has 0 saturated heterocycles. The number of benzene rings is 2. The smallest absolute Gasteiger partial charge is 0.349 e. The quantitative estimate of drug-likeness (QED) is 0.273. The van der Waals surface area contributed by atoms with Crippen LogP contribution < -0.4 is 20.7 Å². The molecule has 0 aliphatic carbocycles. The summed E-state index contributed by atoms with van der Waals surface area (Å²) in [7, 11) is 0. The van der Waals surface area contributed by atoms with Crippen LogP contribution in [0.4, 0.5) is 8.78 Å². The van der Waals surface area contributed by atoms with Crippen molar-refractivity contribution in [2.24, 2.45) is 0 Å². The first-order valence-corrected chi connectivity index (χ1v) is 12.8. The first kappa shape index (κ1) is 26.6. The van der Waals surface area contributed by atoms with Gasteiger partial charge in [0, 0.05) is 17.4 Å². The molecular weight excluding hydrogens is 549 g/mol. The summed E-state index contributed by atoms with van der Waals surface area (Å²) < 4.78 is 38.5. The van der Waals surface area contributed by atoms with E-state index < -0.39 is 23.4 Å². The van der Waals surface area contributed by atoms with Gasteiger partial charge in [0.05, 0.1) is 21.9 Å². The number of aromatic amines is 1. The van der Waals surface area contributed by atoms with E-state index in [1.165, 1.54) is 18.3 Å². The summed E-state index contributed by atoms with van der Waals surface area (Å²) in [5, 5.41) is 3.36. The number of hydrogen-bond donors (Lipinski definition) is 1. The maximum absolute atomic E-state index is 13.1. The molecule has 2 aromatic carbocycles. The van der Waals surface area contributed by atoms with E-state index in [1.54, 1.807) is 22.8 Å². The minimum atomic E-state index is -3.19. The lowest BCUT2D eigenvalue weighted by Gasteiger charge is -2.14. The molecule has 0 unspecified atom stereocenters. The fourth-order valence-electron chi connectivity index (χ4n) is 3.25. The lowest BCUT2D eigenvalue weighted by molar-refractivity contribution is 0.141. The number of alkyl halides is 2. The standard InChI is InChI=1S/C24H18Cl2F2N4O4S/c1-37-12-14-7-19(29-10-18(14)35-11-13-5-3-2-4-6-13)36-21-16(25)8-15(9-17(21)26)32-24(34)30-23(33)20(31-32)22(27)28/h2-10,22H,11-12H2,1H3,(H,30,33,34). The average Bonchev–Trinajstić information content (AvgIpc) is 2.86. The highest BCUT2D eigenvalue weighted by molar-refractivity contribution is 7.97. The molecule has 2 aromatic heterocycles. The highest BCUT2D eigenvalue weighted by Gasteiger charge is 2.20. The van der Waals surface area contributed by atoms with Crippen molar-refractivity contribution in [1.82, 2.24) is 19.7 Å². The van der Waals surface area contributed by atoms with E-state index in [-0.39, 0.29) is 27.4 Å². The van der Waals surface area contributed by atoms with E-state index in [4.69, 9.17) is 32.7 Å². The Morgan fingerprint density at radius 1 is 1.11 bits per heavy atom. The van der Waals surface area contributed by atoms with Crippen LogP contribution in [0.15, 0.2) is 64.3 Å². The molecule has 4 aromatic rings. The lowest BCUT2D eigenvalue weighted by atomic mass is 10.2. The number of halogens is 4. The van der Waals surface area contributed by atoms with Crippen LogP contribution in [0, 0.1) is 0 Å². The van der Waals surface area contributed by atoms with E-state index in [9.17, 15) is 18.4 Å². The SMILES string of the molecule is CSCc1cc(Oc2c(Cl)cc(-n3nc(C(F)F)c(=O)[nH]c3=O)cc2Cl)ncc1OCc1ccccc1. The molecule has 1 N–H and O–H groups in total. The maximum atomic E-state index is 13.1. The Morgan fingerprint density at radius 2 is 1.81 bits per heavy atom. The van der Waals surface area contributed by atoms with Crippen molar-refractivity contribution in [3.63, 3.8) is 0 Å². The summed E-state index contributed by atoms with van der Waals surface area (Å²) in [6.07, 6.45) is 0.293. The second-order valence-corrected chi connectivity index (χ2v) is 9.22. The van der Waals surface area contributed by atoms with Gasteiger partial charge in [0.1, 0.15) is 12.4 Å². The highest BCUT2D eigenvalue weighted by Crippen LogP contribution is 2.38. The molecule has 0 saturated carbocycles. The van der Waals surface area contributed by atoms with Crippen molar-refractivity contribution in [2.75, 3.05) is 6.26 Å². The van der Waals surface area contributed by atoms with Gasteiger partial charge >= 0.3 is 5.69 Å². The first-order chi connectivity index (χ1) is 17.8. The Bertz CT molecular complexity index is 1510. The van der Waals surface area contributed by atoms with E-state index in [0.29, 0.717) is 22.8 Å². The number of ether oxygens (including phenoxy) is 2. The van der Waals surface area contributed by atoms with Crippen molar-refractivity contribution in [3.05, 3.63) is 102 Å². The van der Waals surface area contributed by atoms with Gasteiger partial charge in [-0.05, 0) is 24.0 Å². The molecule has 0 spiro atoms. The molecular formula is C24H18Cl2F2N4O4S. The molecule has 192 valence electrons. The molecule has 4 rings (SSSR count). The Morgan fingerprint density at radius 3 is 2.46 bits per heavy atom. The minimum Gasteiger partial charge on any atom is -0.487 e. The number of H-pyrrole nitrogens is 1. The largest absolute Gasteiger partial charge is 0.487 e. The van der Waals surface area contributed by atoms with Gasteiger partial charge in [0.2, 0.25) is 5.88 Å². The molecule has 8 nitrogen and oxygen atoms in total. The van der Waals surface area contributed by atoms with E-state index >= 15 is 0 Å². The number of rotatable bonds is 9. The Kier molecular flexibility index (Phi) is 8.47. The zero-order valence-electron chi connectivity index (χ0n) is 19.1. The molecule has 37 heavy (non-hydrogen) atoms. The number of thioether (sulfide) groups is 1. The van der Waals surface area contributed by atoms with Gasteiger partial charge in [-0.25, -0.2) is 18.6 Å². The fourth-order valence-corrected chi connectivity index (χ4v) is 4.34. The van der Waals surface area contributed by atoms with E-state index in [2.05, 4.69) is 10.1 Å². The number of nitrogens with zero attached hydrogens (tertiary/aromatic N) is 3. The molecule has 0 aliphatic rings. The number of pyridine rings is 1. The summed E-state index contributed by atoms with van der Waals surface area (Å²) >= 11 is 14.3. The van der Waals surface area contributed by atoms with Crippen LogP contribution in [-0.4, -0.2) is 26.0 Å². The van der Waals surface area contributed by atoms with Crippen molar-refractivity contribution < 1.29 is 18.3 Å². The van der Waals surface area contributed by atoms with Crippen molar-refractivity contribution in [1.29, 1.82) is 0 Å². The van der Waals surface area contributed by atoms with Crippen LogP contribution in [0.5, 0.6) is 17.4 Å². The fraction of sp³-hybridized carbons (Fsp3) is 0.167. The predicted octanol–water partition coefficient (Wildman–Crippen LogP) is 5.79. The molecule has 0 radical (unpaired) electrons. The molecule has 2 heterocycles. The van der Waals surface area contributed by atoms with Crippen molar-refractivity contribution in [3.8, 4) is 23.1 Å². The summed E-state index contributed by atoms with van der Waals surface area (Å²) in [5.41, 5.74) is -1.64. The third kappa shape index (κ3) is 6.30. The number of hydrogen-bond acceptors (Lipinski definition) is 7. The van der Waals surface area contributed by atoms with Crippen LogP contribution in [0.25, 0.3) is 5.69 Å².